The molecule has 3 nitrogen and oxygen atoms in total. The van der Waals surface area contributed by atoms with Gasteiger partial charge in [-0.2, -0.15) is 11.8 Å². The Morgan fingerprint density at radius 1 is 1.62 bits per heavy atom. The molecule has 0 aromatic heterocycles. The number of hydrogen-bond donors (Lipinski definition) is 1. The van der Waals surface area contributed by atoms with Crippen molar-refractivity contribution in [2.45, 2.75) is 30.6 Å². The van der Waals surface area contributed by atoms with Crippen molar-refractivity contribution in [3.63, 3.8) is 0 Å². The molecule has 0 spiro atoms. The Morgan fingerprint density at radius 2 is 2.31 bits per heavy atom. The Morgan fingerprint density at radius 3 is 2.77 bits per heavy atom. The van der Waals surface area contributed by atoms with Crippen LogP contribution in [-0.2, 0) is 9.84 Å². The molecule has 1 aliphatic heterocycles. The Labute approximate surface area is 84.4 Å². The topological polar surface area (TPSA) is 60.2 Å². The summed E-state index contributed by atoms with van der Waals surface area (Å²) in [5.41, 5.74) is 5.90. The number of sulfone groups is 1. The molecular weight excluding hydrogens is 206 g/mol. The van der Waals surface area contributed by atoms with E-state index in [4.69, 9.17) is 5.73 Å². The highest BCUT2D eigenvalue weighted by atomic mass is 32.2. The van der Waals surface area contributed by atoms with Gasteiger partial charge in [-0.15, -0.1) is 0 Å². The molecule has 2 N–H and O–H groups in total. The summed E-state index contributed by atoms with van der Waals surface area (Å²) in [6.07, 6.45) is 4.25. The Hall–Kier alpha value is 0.260. The summed E-state index contributed by atoms with van der Waals surface area (Å²) in [7, 11) is -2.84. The van der Waals surface area contributed by atoms with E-state index >= 15 is 0 Å². The van der Waals surface area contributed by atoms with Crippen LogP contribution < -0.4 is 5.73 Å². The van der Waals surface area contributed by atoms with Gasteiger partial charge in [-0.05, 0) is 25.0 Å². The molecular formula is C8H17NO2S2. The molecule has 5 heteroatoms. The van der Waals surface area contributed by atoms with E-state index in [2.05, 4.69) is 0 Å². The maximum atomic E-state index is 10.9. The molecule has 0 amide bonds. The molecule has 78 valence electrons. The van der Waals surface area contributed by atoms with E-state index in [1.807, 2.05) is 11.8 Å². The third-order valence-electron chi connectivity index (χ3n) is 2.26. The van der Waals surface area contributed by atoms with Gasteiger partial charge in [0.1, 0.15) is 9.84 Å². The normalized spacial score (nSPS) is 26.2. The van der Waals surface area contributed by atoms with Gasteiger partial charge >= 0.3 is 0 Å². The zero-order valence-electron chi connectivity index (χ0n) is 7.90. The predicted molar refractivity (Wildman–Crippen MR) is 57.8 cm³/mol. The van der Waals surface area contributed by atoms with E-state index in [-0.39, 0.29) is 11.8 Å². The Kier molecular flexibility index (Phi) is 4.06. The van der Waals surface area contributed by atoms with Crippen molar-refractivity contribution in [2.75, 3.05) is 17.8 Å². The molecule has 13 heavy (non-hydrogen) atoms. The Balaban J connectivity index is 2.28. The van der Waals surface area contributed by atoms with E-state index in [0.717, 1.165) is 6.42 Å². The van der Waals surface area contributed by atoms with Crippen LogP contribution in [0.4, 0.5) is 0 Å². The fourth-order valence-electron chi connectivity index (χ4n) is 1.48. The molecule has 0 aromatic carbocycles. The van der Waals surface area contributed by atoms with Gasteiger partial charge in [-0.1, -0.05) is 0 Å². The van der Waals surface area contributed by atoms with Crippen molar-refractivity contribution in [1.82, 2.24) is 0 Å². The molecule has 0 aromatic rings. The van der Waals surface area contributed by atoms with E-state index in [9.17, 15) is 8.42 Å². The highest BCUT2D eigenvalue weighted by molar-refractivity contribution is 8.00. The number of rotatable bonds is 4. The molecule has 1 aliphatic rings. The van der Waals surface area contributed by atoms with Crippen LogP contribution in [0.5, 0.6) is 0 Å². The van der Waals surface area contributed by atoms with E-state index in [1.165, 1.54) is 18.4 Å². The van der Waals surface area contributed by atoms with Gasteiger partial charge in [0.2, 0.25) is 0 Å². The number of hydrogen-bond acceptors (Lipinski definition) is 4. The number of nitrogens with two attached hydrogens (primary N) is 1. The first-order valence-corrected chi connectivity index (χ1v) is 7.65. The lowest BCUT2D eigenvalue weighted by Crippen LogP contribution is -2.32. The van der Waals surface area contributed by atoms with Crippen LogP contribution in [0.1, 0.15) is 19.3 Å². The van der Waals surface area contributed by atoms with Crippen molar-refractivity contribution in [3.05, 3.63) is 0 Å². The standard InChI is InChI=1S/C8H17NO2S2/c1-13(10,11)6-4-7(9)8-3-2-5-12-8/h7-8H,2-6,9H2,1H3. The SMILES string of the molecule is CS(=O)(=O)CCC(N)C1CCCS1. The van der Waals surface area contributed by atoms with E-state index in [0.29, 0.717) is 11.7 Å². The van der Waals surface area contributed by atoms with Gasteiger partial charge in [0.25, 0.3) is 0 Å². The molecule has 1 saturated heterocycles. The molecule has 2 unspecified atom stereocenters. The van der Waals surface area contributed by atoms with E-state index < -0.39 is 9.84 Å². The highest BCUT2D eigenvalue weighted by Crippen LogP contribution is 2.29. The van der Waals surface area contributed by atoms with Crippen LogP contribution in [0.25, 0.3) is 0 Å². The average Bonchev–Trinajstić information content (AvgIpc) is 2.50. The zero-order valence-corrected chi connectivity index (χ0v) is 9.53. The van der Waals surface area contributed by atoms with Crippen molar-refractivity contribution in [3.8, 4) is 0 Å². The van der Waals surface area contributed by atoms with Gasteiger partial charge in [0.05, 0.1) is 5.75 Å². The van der Waals surface area contributed by atoms with Crippen molar-refractivity contribution in [2.24, 2.45) is 5.73 Å². The molecule has 0 bridgehead atoms. The maximum Gasteiger partial charge on any atom is 0.147 e. The predicted octanol–water partition coefficient (Wildman–Crippen LogP) is 0.644. The summed E-state index contributed by atoms with van der Waals surface area (Å²) in [5.74, 6) is 1.41. The second kappa shape index (κ2) is 4.66. The first-order chi connectivity index (χ1) is 5.99. The van der Waals surface area contributed by atoms with Crippen LogP contribution in [0.2, 0.25) is 0 Å². The van der Waals surface area contributed by atoms with Gasteiger partial charge < -0.3 is 5.73 Å². The second-order valence-electron chi connectivity index (χ2n) is 3.63. The average molecular weight is 223 g/mol. The summed E-state index contributed by atoms with van der Waals surface area (Å²) in [6.45, 7) is 0. The third kappa shape index (κ3) is 4.33. The largest absolute Gasteiger partial charge is 0.327 e. The Bertz CT molecular complexity index is 245. The fraction of sp³-hybridized carbons (Fsp3) is 1.00. The van der Waals surface area contributed by atoms with Gasteiger partial charge in [-0.3, -0.25) is 0 Å². The minimum Gasteiger partial charge on any atom is -0.327 e. The molecule has 0 saturated carbocycles. The first-order valence-electron chi connectivity index (χ1n) is 4.54. The van der Waals surface area contributed by atoms with Crippen LogP contribution in [0, 0.1) is 0 Å². The molecule has 2 atom stereocenters. The van der Waals surface area contributed by atoms with Crippen molar-refractivity contribution >= 4 is 21.6 Å². The quantitative estimate of drug-likeness (QED) is 0.760. The fourth-order valence-corrected chi connectivity index (χ4v) is 3.53. The highest BCUT2D eigenvalue weighted by Gasteiger charge is 2.23. The zero-order chi connectivity index (χ0) is 9.90. The lowest BCUT2D eigenvalue weighted by Gasteiger charge is -2.17. The lowest BCUT2D eigenvalue weighted by molar-refractivity contribution is 0.571. The monoisotopic (exact) mass is 223 g/mol. The van der Waals surface area contributed by atoms with Gasteiger partial charge in [0, 0.05) is 17.5 Å². The van der Waals surface area contributed by atoms with Gasteiger partial charge in [0.15, 0.2) is 0 Å². The summed E-state index contributed by atoms with van der Waals surface area (Å²) in [4.78, 5) is 0. The summed E-state index contributed by atoms with van der Waals surface area (Å²) >= 11 is 1.88. The summed E-state index contributed by atoms with van der Waals surface area (Å²) < 4.78 is 21.8. The van der Waals surface area contributed by atoms with Crippen LogP contribution in [0.3, 0.4) is 0 Å². The smallest absolute Gasteiger partial charge is 0.147 e. The summed E-state index contributed by atoms with van der Waals surface area (Å²) in [6, 6.07) is 0.0576. The van der Waals surface area contributed by atoms with Crippen molar-refractivity contribution in [1.29, 1.82) is 0 Å². The van der Waals surface area contributed by atoms with Crippen molar-refractivity contribution < 1.29 is 8.42 Å². The molecule has 1 heterocycles. The first kappa shape index (κ1) is 11.3. The molecule has 0 aliphatic carbocycles. The van der Waals surface area contributed by atoms with E-state index in [1.54, 1.807) is 0 Å². The number of thioether (sulfide) groups is 1. The lowest BCUT2D eigenvalue weighted by atomic mass is 10.1. The maximum absolute atomic E-state index is 10.9. The van der Waals surface area contributed by atoms with Crippen LogP contribution in [-0.4, -0.2) is 37.5 Å². The van der Waals surface area contributed by atoms with Crippen LogP contribution in [0.15, 0.2) is 0 Å². The van der Waals surface area contributed by atoms with Crippen LogP contribution >= 0.6 is 11.8 Å². The second-order valence-corrected chi connectivity index (χ2v) is 7.24. The minimum atomic E-state index is -2.84. The summed E-state index contributed by atoms with van der Waals surface area (Å²) in [5, 5.41) is 0.488. The molecule has 1 fully saturated rings. The molecule has 1 rings (SSSR count). The minimum absolute atomic E-state index is 0.0576. The molecule has 0 radical (unpaired) electrons. The third-order valence-corrected chi connectivity index (χ3v) is 4.78. The van der Waals surface area contributed by atoms with Gasteiger partial charge in [-0.25, -0.2) is 8.42 Å².